The quantitative estimate of drug-likeness (QED) is 0.398. The van der Waals surface area contributed by atoms with Crippen molar-refractivity contribution in [1.29, 1.82) is 5.26 Å². The van der Waals surface area contributed by atoms with Crippen LogP contribution in [0.3, 0.4) is 0 Å². The molecule has 1 amide bonds. The molecule has 0 atom stereocenters. The number of hydrogen-bond acceptors (Lipinski definition) is 8. The van der Waals surface area contributed by atoms with Gasteiger partial charge in [0.05, 0.1) is 17.7 Å². The molecule has 2 aromatic rings. The molecule has 150 valence electrons. The first-order valence-corrected chi connectivity index (χ1v) is 8.20. The van der Waals surface area contributed by atoms with Gasteiger partial charge in [-0.3, -0.25) is 19.7 Å². The highest BCUT2D eigenvalue weighted by Crippen LogP contribution is 2.25. The van der Waals surface area contributed by atoms with E-state index in [-0.39, 0.29) is 24.3 Å². The molecule has 0 spiro atoms. The van der Waals surface area contributed by atoms with Crippen LogP contribution in [0.1, 0.15) is 22.4 Å². The second-order valence-electron chi connectivity index (χ2n) is 5.92. The summed E-state index contributed by atoms with van der Waals surface area (Å²) in [6.45, 7) is 1.34. The molecular formula is C18H17N5O6. The number of ether oxygens (including phenoxy) is 1. The number of nitro groups is 1. The molecule has 0 fully saturated rings. The van der Waals surface area contributed by atoms with E-state index in [9.17, 15) is 30.1 Å². The number of aromatic hydroxyl groups is 1. The monoisotopic (exact) mass is 399 g/mol. The molecular weight excluding hydrogens is 382 g/mol. The van der Waals surface area contributed by atoms with Gasteiger partial charge in [-0.25, -0.2) is 5.43 Å². The number of phenols is 1. The van der Waals surface area contributed by atoms with Gasteiger partial charge in [-0.15, -0.1) is 0 Å². The van der Waals surface area contributed by atoms with Gasteiger partial charge in [-0.05, 0) is 25.1 Å². The maximum absolute atomic E-state index is 12.5. The van der Waals surface area contributed by atoms with E-state index in [0.29, 0.717) is 11.3 Å². The fraction of sp³-hybridized carbons (Fsp3) is 0.222. The molecule has 0 aliphatic rings. The molecule has 11 heteroatoms. The number of phenolic OH excluding ortho intramolecular Hbond substituents is 1. The number of nitrogens with one attached hydrogen (secondary N) is 1. The van der Waals surface area contributed by atoms with Crippen LogP contribution in [0.2, 0.25) is 0 Å². The second kappa shape index (κ2) is 9.25. The summed E-state index contributed by atoms with van der Waals surface area (Å²) in [5.41, 5.74) is 2.16. The Morgan fingerprint density at radius 2 is 2.21 bits per heavy atom. The highest BCUT2D eigenvalue weighted by molar-refractivity contribution is 5.83. The van der Waals surface area contributed by atoms with Crippen molar-refractivity contribution in [2.45, 2.75) is 20.1 Å². The van der Waals surface area contributed by atoms with Crippen LogP contribution >= 0.6 is 0 Å². The number of hydrogen-bond donors (Lipinski definition) is 2. The van der Waals surface area contributed by atoms with Gasteiger partial charge < -0.3 is 14.4 Å². The zero-order valence-electron chi connectivity index (χ0n) is 15.6. The molecule has 11 nitrogen and oxygen atoms in total. The molecule has 1 aromatic carbocycles. The maximum atomic E-state index is 12.5. The van der Waals surface area contributed by atoms with Crippen LogP contribution in [0.25, 0.3) is 0 Å². The third-order valence-electron chi connectivity index (χ3n) is 3.90. The SMILES string of the molecule is COCc1cc(C)n(CC(=O)NN=Cc2ccc(O)c([N+](=O)[O-])c2)c(=O)c1C#N. The lowest BCUT2D eigenvalue weighted by molar-refractivity contribution is -0.385. The van der Waals surface area contributed by atoms with Gasteiger partial charge in [0, 0.05) is 30.0 Å². The Kier molecular flexibility index (Phi) is 6.78. The van der Waals surface area contributed by atoms with Crippen molar-refractivity contribution in [3.63, 3.8) is 0 Å². The highest BCUT2D eigenvalue weighted by Gasteiger charge is 2.15. The van der Waals surface area contributed by atoms with Gasteiger partial charge in [0.25, 0.3) is 11.5 Å². The Hall–Kier alpha value is -4.04. The van der Waals surface area contributed by atoms with Crippen LogP contribution in [0.4, 0.5) is 5.69 Å². The first-order valence-electron chi connectivity index (χ1n) is 8.20. The lowest BCUT2D eigenvalue weighted by atomic mass is 10.1. The van der Waals surface area contributed by atoms with Gasteiger partial charge in [-0.1, -0.05) is 0 Å². The molecule has 1 heterocycles. The number of aromatic nitrogens is 1. The zero-order chi connectivity index (χ0) is 21.6. The molecule has 0 aliphatic carbocycles. The van der Waals surface area contributed by atoms with Crippen LogP contribution in [-0.4, -0.2) is 33.8 Å². The van der Waals surface area contributed by atoms with Crippen LogP contribution in [0.5, 0.6) is 5.75 Å². The molecule has 0 radical (unpaired) electrons. The smallest absolute Gasteiger partial charge is 0.311 e. The molecule has 0 bridgehead atoms. The summed E-state index contributed by atoms with van der Waals surface area (Å²) in [4.78, 5) is 34.6. The molecule has 0 saturated carbocycles. The van der Waals surface area contributed by atoms with E-state index in [1.54, 1.807) is 13.0 Å². The summed E-state index contributed by atoms with van der Waals surface area (Å²) in [7, 11) is 1.44. The Labute approximate surface area is 164 Å². The number of aryl methyl sites for hydroxylation is 1. The van der Waals surface area contributed by atoms with E-state index in [4.69, 9.17) is 4.74 Å². The van der Waals surface area contributed by atoms with Crippen molar-refractivity contribution >= 4 is 17.8 Å². The van der Waals surface area contributed by atoms with Gasteiger partial charge in [0.1, 0.15) is 18.2 Å². The Morgan fingerprint density at radius 3 is 2.83 bits per heavy atom. The standard InChI is InChI=1S/C18H17N5O6/c1-11-5-13(10-29-2)14(7-19)18(26)22(11)9-17(25)21-20-8-12-3-4-16(24)15(6-12)23(27)28/h3-6,8,24H,9-10H2,1-2H3,(H,21,25). The van der Waals surface area contributed by atoms with Crippen molar-refractivity contribution in [3.8, 4) is 11.8 Å². The number of hydrazone groups is 1. The minimum Gasteiger partial charge on any atom is -0.502 e. The fourth-order valence-electron chi connectivity index (χ4n) is 2.54. The van der Waals surface area contributed by atoms with Crippen molar-refractivity contribution in [2.24, 2.45) is 5.10 Å². The number of benzene rings is 1. The van der Waals surface area contributed by atoms with E-state index in [2.05, 4.69) is 10.5 Å². The van der Waals surface area contributed by atoms with Crippen LogP contribution in [0.15, 0.2) is 34.2 Å². The molecule has 0 unspecified atom stereocenters. The topological polar surface area (TPSA) is 160 Å². The molecule has 0 aliphatic heterocycles. The number of rotatable bonds is 7. The van der Waals surface area contributed by atoms with Gasteiger partial charge in [0.2, 0.25) is 0 Å². The molecule has 29 heavy (non-hydrogen) atoms. The van der Waals surface area contributed by atoms with E-state index in [0.717, 1.165) is 22.9 Å². The zero-order valence-corrected chi connectivity index (χ0v) is 15.6. The van der Waals surface area contributed by atoms with Crippen LogP contribution in [0, 0.1) is 28.4 Å². The fourth-order valence-corrected chi connectivity index (χ4v) is 2.54. The lowest BCUT2D eigenvalue weighted by Crippen LogP contribution is -2.33. The number of carbonyl (C=O) groups is 1. The van der Waals surface area contributed by atoms with Gasteiger partial charge in [0.15, 0.2) is 5.75 Å². The van der Waals surface area contributed by atoms with Crippen molar-refractivity contribution < 1.29 is 19.6 Å². The van der Waals surface area contributed by atoms with E-state index < -0.39 is 27.8 Å². The van der Waals surface area contributed by atoms with E-state index in [1.165, 1.54) is 13.2 Å². The number of pyridine rings is 1. The minimum atomic E-state index is -0.750. The molecule has 1 aromatic heterocycles. The summed E-state index contributed by atoms with van der Waals surface area (Å²) < 4.78 is 6.10. The number of nitriles is 1. The molecule has 0 saturated heterocycles. The highest BCUT2D eigenvalue weighted by atomic mass is 16.6. The Balaban J connectivity index is 2.15. The number of amides is 1. The largest absolute Gasteiger partial charge is 0.502 e. The Morgan fingerprint density at radius 1 is 1.48 bits per heavy atom. The number of methoxy groups -OCH3 is 1. The van der Waals surface area contributed by atoms with Gasteiger partial charge in [-0.2, -0.15) is 10.4 Å². The van der Waals surface area contributed by atoms with Crippen molar-refractivity contribution in [2.75, 3.05) is 7.11 Å². The normalized spacial score (nSPS) is 10.7. The number of nitrogens with zero attached hydrogens (tertiary/aromatic N) is 4. The summed E-state index contributed by atoms with van der Waals surface area (Å²) in [6.07, 6.45) is 1.16. The maximum Gasteiger partial charge on any atom is 0.311 e. The molecule has 2 rings (SSSR count). The van der Waals surface area contributed by atoms with Crippen molar-refractivity contribution in [1.82, 2.24) is 9.99 Å². The molecule has 2 N–H and O–H groups in total. The predicted molar refractivity (Wildman–Crippen MR) is 101 cm³/mol. The van der Waals surface area contributed by atoms with E-state index >= 15 is 0 Å². The summed E-state index contributed by atoms with van der Waals surface area (Å²) in [5, 5.41) is 33.1. The first kappa shape index (κ1) is 21.3. The van der Waals surface area contributed by atoms with Crippen molar-refractivity contribution in [3.05, 3.63) is 67.1 Å². The first-order chi connectivity index (χ1) is 13.8. The number of carbonyl (C=O) groups excluding carboxylic acids is 1. The van der Waals surface area contributed by atoms with Crippen LogP contribution < -0.4 is 11.0 Å². The summed E-state index contributed by atoms with van der Waals surface area (Å²) in [5.74, 6) is -1.13. The summed E-state index contributed by atoms with van der Waals surface area (Å²) in [6, 6.07) is 7.02. The summed E-state index contributed by atoms with van der Waals surface area (Å²) >= 11 is 0. The van der Waals surface area contributed by atoms with Gasteiger partial charge >= 0.3 is 5.69 Å². The third kappa shape index (κ3) is 5.02. The Bertz CT molecular complexity index is 1080. The second-order valence-corrected chi connectivity index (χ2v) is 5.92. The third-order valence-corrected chi connectivity index (χ3v) is 3.90. The average Bonchev–Trinajstić information content (AvgIpc) is 2.66. The lowest BCUT2D eigenvalue weighted by Gasteiger charge is -2.12. The van der Waals surface area contributed by atoms with E-state index in [1.807, 2.05) is 6.07 Å². The average molecular weight is 399 g/mol. The van der Waals surface area contributed by atoms with Crippen LogP contribution in [-0.2, 0) is 22.7 Å². The number of nitro benzene ring substituents is 1. The minimum absolute atomic E-state index is 0.0923. The predicted octanol–water partition coefficient (Wildman–Crippen LogP) is 0.939.